The molecule has 0 spiro atoms. The Bertz CT molecular complexity index is 303. The van der Waals surface area contributed by atoms with Crippen LogP contribution in [0.2, 0.25) is 0 Å². The molecule has 2 unspecified atom stereocenters. The summed E-state index contributed by atoms with van der Waals surface area (Å²) >= 11 is 4.99. The van der Waals surface area contributed by atoms with E-state index in [0.29, 0.717) is 0 Å². The molecule has 0 aliphatic rings. The second-order valence-corrected chi connectivity index (χ2v) is 6.17. The number of amides is 1. The van der Waals surface area contributed by atoms with E-state index in [0.717, 1.165) is 32.5 Å². The third kappa shape index (κ3) is 7.20. The van der Waals surface area contributed by atoms with Gasteiger partial charge in [0.05, 0.1) is 10.9 Å². The average Bonchev–Trinajstić information content (AvgIpc) is 2.33. The van der Waals surface area contributed by atoms with E-state index in [1.54, 1.807) is 0 Å². The Balaban J connectivity index is 4.16. The fourth-order valence-electron chi connectivity index (χ4n) is 2.33. The Labute approximate surface area is 129 Å². The largest absolute Gasteiger partial charge is 0.393 e. The molecule has 0 aromatic heterocycles. The second-order valence-electron chi connectivity index (χ2n) is 5.70. The van der Waals surface area contributed by atoms with Crippen LogP contribution in [0.4, 0.5) is 0 Å². The predicted molar refractivity (Wildman–Crippen MR) is 89.7 cm³/mol. The van der Waals surface area contributed by atoms with Gasteiger partial charge in [-0.05, 0) is 45.3 Å². The highest BCUT2D eigenvalue weighted by Crippen LogP contribution is 2.12. The van der Waals surface area contributed by atoms with Crippen LogP contribution in [0.5, 0.6) is 0 Å². The first kappa shape index (κ1) is 19.3. The summed E-state index contributed by atoms with van der Waals surface area (Å²) < 4.78 is 0. The maximum absolute atomic E-state index is 12.2. The van der Waals surface area contributed by atoms with Crippen LogP contribution < -0.4 is 11.1 Å². The van der Waals surface area contributed by atoms with Gasteiger partial charge in [-0.15, -0.1) is 0 Å². The Hall–Kier alpha value is -0.680. The second kappa shape index (κ2) is 10.1. The van der Waals surface area contributed by atoms with Crippen LogP contribution >= 0.6 is 12.2 Å². The first-order valence-electron chi connectivity index (χ1n) is 7.65. The molecule has 0 aliphatic heterocycles. The molecule has 0 rings (SSSR count). The lowest BCUT2D eigenvalue weighted by molar-refractivity contribution is -0.124. The number of nitrogens with two attached hydrogens (primary N) is 1. The van der Waals surface area contributed by atoms with Gasteiger partial charge in [0, 0.05) is 6.04 Å². The standard InChI is InChI=1S/C15H31N3OS/c1-6-18(7-2)10-8-9-12(5)17-15(19)13(11(3)4)14(16)20/h11-13H,6-10H2,1-5H3,(H2,16,20)(H,17,19). The molecule has 0 saturated carbocycles. The van der Waals surface area contributed by atoms with Gasteiger partial charge in [-0.1, -0.05) is 39.9 Å². The van der Waals surface area contributed by atoms with E-state index in [1.807, 2.05) is 20.8 Å². The van der Waals surface area contributed by atoms with Crippen LogP contribution in [0.15, 0.2) is 0 Å². The van der Waals surface area contributed by atoms with Gasteiger partial charge in [0.2, 0.25) is 5.91 Å². The summed E-state index contributed by atoms with van der Waals surface area (Å²) in [4.78, 5) is 14.8. The maximum Gasteiger partial charge on any atom is 0.230 e. The van der Waals surface area contributed by atoms with E-state index in [4.69, 9.17) is 18.0 Å². The number of nitrogens with one attached hydrogen (secondary N) is 1. The van der Waals surface area contributed by atoms with Gasteiger partial charge in [-0.3, -0.25) is 4.79 Å². The first-order valence-corrected chi connectivity index (χ1v) is 8.06. The smallest absolute Gasteiger partial charge is 0.230 e. The minimum absolute atomic E-state index is 0.0390. The van der Waals surface area contributed by atoms with Crippen LogP contribution in [-0.4, -0.2) is 41.5 Å². The summed E-state index contributed by atoms with van der Waals surface area (Å²) in [6, 6.07) is 0.161. The molecular formula is C15H31N3OS. The first-order chi connectivity index (χ1) is 9.33. The SMILES string of the molecule is CCN(CC)CCCC(C)NC(=O)C(C(N)=S)C(C)C. The molecular weight excluding hydrogens is 270 g/mol. The Kier molecular flexibility index (Phi) is 9.76. The number of thiocarbonyl (C=S) groups is 1. The van der Waals surface area contributed by atoms with Crippen LogP contribution in [0.1, 0.15) is 47.5 Å². The third-order valence-corrected chi connectivity index (χ3v) is 3.90. The molecule has 0 radical (unpaired) electrons. The fourth-order valence-corrected chi connectivity index (χ4v) is 2.71. The van der Waals surface area contributed by atoms with Crippen LogP contribution in [0.25, 0.3) is 0 Å². The predicted octanol–water partition coefficient (Wildman–Crippen LogP) is 2.17. The molecule has 0 bridgehead atoms. The molecule has 0 saturated heterocycles. The molecule has 0 aromatic carbocycles. The van der Waals surface area contributed by atoms with E-state index in [9.17, 15) is 4.79 Å². The van der Waals surface area contributed by atoms with Crippen molar-refractivity contribution in [3.05, 3.63) is 0 Å². The normalized spacial score (nSPS) is 14.3. The average molecular weight is 302 g/mol. The lowest BCUT2D eigenvalue weighted by Crippen LogP contribution is -2.44. The van der Waals surface area contributed by atoms with E-state index in [1.165, 1.54) is 0 Å². The van der Waals surface area contributed by atoms with E-state index in [2.05, 4.69) is 24.1 Å². The van der Waals surface area contributed by atoms with Gasteiger partial charge in [0.15, 0.2) is 0 Å². The van der Waals surface area contributed by atoms with Crippen molar-refractivity contribution in [1.29, 1.82) is 0 Å². The van der Waals surface area contributed by atoms with Crippen molar-refractivity contribution in [1.82, 2.24) is 10.2 Å². The summed E-state index contributed by atoms with van der Waals surface area (Å²) in [6.45, 7) is 13.5. The van der Waals surface area contributed by atoms with Gasteiger partial charge in [-0.25, -0.2) is 0 Å². The van der Waals surface area contributed by atoms with Gasteiger partial charge in [-0.2, -0.15) is 0 Å². The molecule has 0 aliphatic carbocycles. The Morgan fingerprint density at radius 3 is 2.20 bits per heavy atom. The lowest BCUT2D eigenvalue weighted by atomic mass is 9.94. The molecule has 0 aromatic rings. The molecule has 20 heavy (non-hydrogen) atoms. The highest BCUT2D eigenvalue weighted by Gasteiger charge is 2.25. The zero-order valence-electron chi connectivity index (χ0n) is 13.6. The molecule has 2 atom stereocenters. The van der Waals surface area contributed by atoms with E-state index >= 15 is 0 Å². The fraction of sp³-hybridized carbons (Fsp3) is 0.867. The quantitative estimate of drug-likeness (QED) is 0.607. The van der Waals surface area contributed by atoms with Crippen molar-refractivity contribution in [2.45, 2.75) is 53.5 Å². The molecule has 5 heteroatoms. The van der Waals surface area contributed by atoms with Gasteiger partial charge in [0.25, 0.3) is 0 Å². The number of hydrogen-bond acceptors (Lipinski definition) is 3. The van der Waals surface area contributed by atoms with E-state index < -0.39 is 0 Å². The van der Waals surface area contributed by atoms with Crippen molar-refractivity contribution in [2.24, 2.45) is 17.6 Å². The summed E-state index contributed by atoms with van der Waals surface area (Å²) in [5.41, 5.74) is 5.65. The van der Waals surface area contributed by atoms with E-state index in [-0.39, 0.29) is 28.8 Å². The number of carbonyl (C=O) groups excluding carboxylic acids is 1. The molecule has 4 nitrogen and oxygen atoms in total. The summed E-state index contributed by atoms with van der Waals surface area (Å²) in [5.74, 6) is -0.270. The molecule has 0 heterocycles. The summed E-state index contributed by atoms with van der Waals surface area (Å²) in [7, 11) is 0. The highest BCUT2D eigenvalue weighted by atomic mass is 32.1. The maximum atomic E-state index is 12.2. The van der Waals surface area contributed by atoms with Crippen LogP contribution in [-0.2, 0) is 4.79 Å². The van der Waals surface area contributed by atoms with Crippen molar-refractivity contribution in [3.8, 4) is 0 Å². The summed E-state index contributed by atoms with van der Waals surface area (Å²) in [6.07, 6.45) is 2.06. The van der Waals surface area contributed by atoms with Gasteiger partial charge in [0.1, 0.15) is 0 Å². The topological polar surface area (TPSA) is 58.4 Å². The highest BCUT2D eigenvalue weighted by molar-refractivity contribution is 7.80. The molecule has 118 valence electrons. The van der Waals surface area contributed by atoms with Gasteiger partial charge >= 0.3 is 0 Å². The third-order valence-electron chi connectivity index (χ3n) is 3.65. The van der Waals surface area contributed by atoms with Crippen molar-refractivity contribution >= 4 is 23.1 Å². The Morgan fingerprint density at radius 2 is 1.80 bits per heavy atom. The molecule has 1 amide bonds. The zero-order chi connectivity index (χ0) is 15.7. The van der Waals surface area contributed by atoms with Crippen molar-refractivity contribution < 1.29 is 4.79 Å². The summed E-state index contributed by atoms with van der Waals surface area (Å²) in [5, 5.41) is 3.03. The van der Waals surface area contributed by atoms with Crippen LogP contribution in [0.3, 0.4) is 0 Å². The number of hydrogen-bond donors (Lipinski definition) is 2. The number of rotatable bonds is 10. The minimum Gasteiger partial charge on any atom is -0.393 e. The lowest BCUT2D eigenvalue weighted by Gasteiger charge is -2.23. The van der Waals surface area contributed by atoms with Crippen molar-refractivity contribution in [2.75, 3.05) is 19.6 Å². The van der Waals surface area contributed by atoms with Gasteiger partial charge < -0.3 is 16.0 Å². The molecule has 3 N–H and O–H groups in total. The zero-order valence-corrected chi connectivity index (χ0v) is 14.4. The number of nitrogens with zero attached hydrogens (tertiary/aromatic N) is 1. The molecule has 0 fully saturated rings. The minimum atomic E-state index is -0.366. The number of carbonyl (C=O) groups is 1. The monoisotopic (exact) mass is 301 g/mol. The Morgan fingerprint density at radius 1 is 1.25 bits per heavy atom. The van der Waals surface area contributed by atoms with Crippen molar-refractivity contribution in [3.63, 3.8) is 0 Å². The van der Waals surface area contributed by atoms with Crippen LogP contribution in [0, 0.1) is 11.8 Å².